The molecule has 0 saturated heterocycles. The van der Waals surface area contributed by atoms with Crippen molar-refractivity contribution in [2.75, 3.05) is 17.7 Å². The van der Waals surface area contributed by atoms with Gasteiger partial charge in [0, 0.05) is 25.0 Å². The summed E-state index contributed by atoms with van der Waals surface area (Å²) in [5, 5.41) is 17.2. The number of benzene rings is 1. The summed E-state index contributed by atoms with van der Waals surface area (Å²) >= 11 is 0. The first-order valence-electron chi connectivity index (χ1n) is 5.55. The maximum absolute atomic E-state index is 11.1. The van der Waals surface area contributed by atoms with E-state index in [0.717, 1.165) is 0 Å². The van der Waals surface area contributed by atoms with E-state index in [0.29, 0.717) is 11.5 Å². The quantitative estimate of drug-likeness (QED) is 0.672. The average molecular weight is 259 g/mol. The number of hydrogen-bond donors (Lipinski definition) is 4. The zero-order valence-corrected chi connectivity index (χ0v) is 10.2. The van der Waals surface area contributed by atoms with Crippen LogP contribution >= 0.6 is 0 Å². The molecule has 2 amide bonds. The number of aromatic hydroxyl groups is 1. The maximum atomic E-state index is 11.1. The molecule has 0 radical (unpaired) electrons. The number of carbonyl (C=O) groups excluding carboxylic acids is 1. The number of urea groups is 1. The van der Waals surface area contributed by atoms with Crippen molar-refractivity contribution >= 4 is 23.5 Å². The van der Waals surface area contributed by atoms with Gasteiger partial charge in [0.15, 0.2) is 0 Å². The molecule has 1 aromatic carbocycles. The Hall–Kier alpha value is -2.83. The van der Waals surface area contributed by atoms with Crippen LogP contribution in [0.4, 0.5) is 22.2 Å². The fourth-order valence-corrected chi connectivity index (χ4v) is 1.38. The van der Waals surface area contributed by atoms with Gasteiger partial charge in [-0.15, -0.1) is 0 Å². The highest BCUT2D eigenvalue weighted by molar-refractivity contribution is 5.87. The van der Waals surface area contributed by atoms with Gasteiger partial charge in [0.05, 0.1) is 0 Å². The lowest BCUT2D eigenvalue weighted by Crippen LogP contribution is -2.25. The number of hydrogen-bond acceptors (Lipinski definition) is 5. The first-order chi connectivity index (χ1) is 9.17. The van der Waals surface area contributed by atoms with E-state index in [1.165, 1.54) is 13.2 Å². The SMILES string of the molecule is CNC(=O)Nc1nccc(Nc2cccc(O)c2)n1. The zero-order chi connectivity index (χ0) is 13.7. The molecule has 7 heteroatoms. The van der Waals surface area contributed by atoms with Crippen LogP contribution in [0.5, 0.6) is 5.75 Å². The predicted octanol–water partition coefficient (Wildman–Crippen LogP) is 1.68. The van der Waals surface area contributed by atoms with E-state index in [9.17, 15) is 9.90 Å². The van der Waals surface area contributed by atoms with Crippen molar-refractivity contribution in [3.63, 3.8) is 0 Å². The number of rotatable bonds is 3. The van der Waals surface area contributed by atoms with Crippen LogP contribution in [0.1, 0.15) is 0 Å². The second kappa shape index (κ2) is 5.67. The minimum Gasteiger partial charge on any atom is -0.508 e. The molecule has 0 fully saturated rings. The first kappa shape index (κ1) is 12.6. The van der Waals surface area contributed by atoms with Crippen molar-refractivity contribution in [3.8, 4) is 5.75 Å². The topological polar surface area (TPSA) is 99.2 Å². The lowest BCUT2D eigenvalue weighted by atomic mass is 10.3. The summed E-state index contributed by atoms with van der Waals surface area (Å²) in [5.41, 5.74) is 0.685. The fraction of sp³-hybridized carbons (Fsp3) is 0.0833. The first-order valence-corrected chi connectivity index (χ1v) is 5.55. The molecule has 0 atom stereocenters. The number of carbonyl (C=O) groups is 1. The van der Waals surface area contributed by atoms with Crippen LogP contribution in [0.15, 0.2) is 36.5 Å². The van der Waals surface area contributed by atoms with Gasteiger partial charge in [0.2, 0.25) is 5.95 Å². The number of phenols is 1. The molecule has 0 aliphatic carbocycles. The van der Waals surface area contributed by atoms with E-state index in [4.69, 9.17) is 0 Å². The van der Waals surface area contributed by atoms with Gasteiger partial charge in [-0.3, -0.25) is 5.32 Å². The largest absolute Gasteiger partial charge is 0.508 e. The van der Waals surface area contributed by atoms with E-state index in [1.54, 1.807) is 30.3 Å². The Labute approximate surface area is 109 Å². The van der Waals surface area contributed by atoms with Crippen LogP contribution < -0.4 is 16.0 Å². The molecule has 0 unspecified atom stereocenters. The number of anilines is 3. The van der Waals surface area contributed by atoms with Crippen LogP contribution in [0.25, 0.3) is 0 Å². The Morgan fingerprint density at radius 2 is 2.16 bits per heavy atom. The smallest absolute Gasteiger partial charge is 0.321 e. The Morgan fingerprint density at radius 1 is 1.32 bits per heavy atom. The summed E-state index contributed by atoms with van der Waals surface area (Å²) in [4.78, 5) is 19.2. The van der Waals surface area contributed by atoms with Gasteiger partial charge >= 0.3 is 6.03 Å². The van der Waals surface area contributed by atoms with Crippen molar-refractivity contribution in [2.24, 2.45) is 0 Å². The third kappa shape index (κ3) is 3.56. The van der Waals surface area contributed by atoms with E-state index in [1.807, 2.05) is 0 Å². The second-order valence-corrected chi connectivity index (χ2v) is 3.64. The molecule has 0 aliphatic rings. The highest BCUT2D eigenvalue weighted by Crippen LogP contribution is 2.19. The molecule has 19 heavy (non-hydrogen) atoms. The lowest BCUT2D eigenvalue weighted by Gasteiger charge is -2.07. The highest BCUT2D eigenvalue weighted by Gasteiger charge is 2.03. The van der Waals surface area contributed by atoms with Gasteiger partial charge < -0.3 is 15.7 Å². The third-order valence-corrected chi connectivity index (χ3v) is 2.23. The summed E-state index contributed by atoms with van der Waals surface area (Å²) in [6, 6.07) is 7.89. The second-order valence-electron chi connectivity index (χ2n) is 3.64. The van der Waals surface area contributed by atoms with Crippen molar-refractivity contribution in [2.45, 2.75) is 0 Å². The normalized spacial score (nSPS) is 9.74. The minimum atomic E-state index is -0.394. The van der Waals surface area contributed by atoms with Gasteiger partial charge in [0.1, 0.15) is 11.6 Å². The van der Waals surface area contributed by atoms with Crippen LogP contribution in [0.2, 0.25) is 0 Å². The van der Waals surface area contributed by atoms with E-state index in [2.05, 4.69) is 25.9 Å². The fourth-order valence-electron chi connectivity index (χ4n) is 1.38. The van der Waals surface area contributed by atoms with Crippen molar-refractivity contribution < 1.29 is 9.90 Å². The van der Waals surface area contributed by atoms with Gasteiger partial charge in [-0.25, -0.2) is 9.78 Å². The maximum Gasteiger partial charge on any atom is 0.321 e. The van der Waals surface area contributed by atoms with Gasteiger partial charge in [-0.2, -0.15) is 4.98 Å². The lowest BCUT2D eigenvalue weighted by molar-refractivity contribution is 0.254. The highest BCUT2D eigenvalue weighted by atomic mass is 16.3. The predicted molar refractivity (Wildman–Crippen MR) is 71.5 cm³/mol. The standard InChI is InChI=1S/C12H13N5O2/c1-13-12(19)17-11-14-6-5-10(16-11)15-8-3-2-4-9(18)7-8/h2-7,18H,1H3,(H3,13,14,15,16,17,19). The van der Waals surface area contributed by atoms with Crippen molar-refractivity contribution in [1.82, 2.24) is 15.3 Å². The molecule has 1 heterocycles. The van der Waals surface area contributed by atoms with E-state index < -0.39 is 6.03 Å². The summed E-state index contributed by atoms with van der Waals surface area (Å²) in [6.07, 6.45) is 1.52. The van der Waals surface area contributed by atoms with Crippen molar-refractivity contribution in [3.05, 3.63) is 36.5 Å². The molecule has 0 saturated carbocycles. The number of aromatic nitrogens is 2. The van der Waals surface area contributed by atoms with E-state index >= 15 is 0 Å². The molecule has 2 aromatic rings. The monoisotopic (exact) mass is 259 g/mol. The zero-order valence-electron chi connectivity index (χ0n) is 10.2. The summed E-state index contributed by atoms with van der Waals surface area (Å²) in [6.45, 7) is 0. The van der Waals surface area contributed by atoms with E-state index in [-0.39, 0.29) is 11.7 Å². The molecule has 98 valence electrons. The molecule has 4 N–H and O–H groups in total. The Kier molecular flexibility index (Phi) is 3.77. The van der Waals surface area contributed by atoms with Crippen LogP contribution in [-0.4, -0.2) is 28.2 Å². The van der Waals surface area contributed by atoms with Gasteiger partial charge in [-0.1, -0.05) is 6.07 Å². The number of phenolic OH excluding ortho intramolecular Hbond substituents is 1. The Bertz CT molecular complexity index is 588. The molecular formula is C12H13N5O2. The molecule has 7 nitrogen and oxygen atoms in total. The minimum absolute atomic E-state index is 0.155. The summed E-state index contributed by atoms with van der Waals surface area (Å²) < 4.78 is 0. The van der Waals surface area contributed by atoms with Crippen LogP contribution in [0, 0.1) is 0 Å². The van der Waals surface area contributed by atoms with Gasteiger partial charge in [-0.05, 0) is 18.2 Å². The average Bonchev–Trinajstić information content (AvgIpc) is 2.39. The number of amides is 2. The molecule has 0 aliphatic heterocycles. The van der Waals surface area contributed by atoms with Crippen LogP contribution in [0.3, 0.4) is 0 Å². The van der Waals surface area contributed by atoms with Crippen molar-refractivity contribution in [1.29, 1.82) is 0 Å². The Balaban J connectivity index is 2.13. The summed E-state index contributed by atoms with van der Waals surface area (Å²) in [5.74, 6) is 0.847. The molecular weight excluding hydrogens is 246 g/mol. The number of nitrogens with one attached hydrogen (secondary N) is 3. The van der Waals surface area contributed by atoms with Gasteiger partial charge in [0.25, 0.3) is 0 Å². The number of nitrogens with zero attached hydrogens (tertiary/aromatic N) is 2. The molecule has 0 spiro atoms. The third-order valence-electron chi connectivity index (χ3n) is 2.23. The molecule has 1 aromatic heterocycles. The molecule has 2 rings (SSSR count). The Morgan fingerprint density at radius 3 is 2.89 bits per heavy atom. The molecule has 0 bridgehead atoms. The van der Waals surface area contributed by atoms with Crippen LogP contribution in [-0.2, 0) is 0 Å². The summed E-state index contributed by atoms with van der Waals surface area (Å²) in [7, 11) is 1.50.